The van der Waals surface area contributed by atoms with E-state index in [1.807, 2.05) is 31.2 Å². The molecule has 2 aliphatic rings. The van der Waals surface area contributed by atoms with Crippen LogP contribution in [0.3, 0.4) is 0 Å². The van der Waals surface area contributed by atoms with Crippen molar-refractivity contribution in [3.05, 3.63) is 24.3 Å². The van der Waals surface area contributed by atoms with Gasteiger partial charge in [-0.25, -0.2) is 0 Å². The third kappa shape index (κ3) is 1.99. The first kappa shape index (κ1) is 12.4. The summed E-state index contributed by atoms with van der Waals surface area (Å²) < 4.78 is 16.2. The maximum atomic E-state index is 12.1. The molecular weight excluding hydrogens is 246 g/mol. The number of hydrogen-bond donors (Lipinski definition) is 0. The molecule has 1 amide bonds. The molecule has 0 saturated carbocycles. The van der Waals surface area contributed by atoms with Crippen LogP contribution in [-0.2, 0) is 14.3 Å². The van der Waals surface area contributed by atoms with Gasteiger partial charge in [-0.05, 0) is 24.3 Å². The molecular formula is C14H17NO4. The molecule has 1 aromatic carbocycles. The molecule has 2 atom stereocenters. The molecule has 2 fully saturated rings. The van der Waals surface area contributed by atoms with E-state index in [-0.39, 0.29) is 24.2 Å². The molecule has 1 aromatic rings. The lowest BCUT2D eigenvalue weighted by atomic mass is 9.87. The molecule has 5 heteroatoms. The minimum atomic E-state index is -0.310. The number of nitrogens with zero attached hydrogens (tertiary/aromatic N) is 1. The number of hydrogen-bond acceptors (Lipinski definition) is 4. The van der Waals surface area contributed by atoms with Gasteiger partial charge in [0.15, 0.2) is 6.29 Å². The molecule has 0 radical (unpaired) electrons. The van der Waals surface area contributed by atoms with Crippen LogP contribution in [0.25, 0.3) is 0 Å². The van der Waals surface area contributed by atoms with E-state index in [0.29, 0.717) is 13.2 Å². The van der Waals surface area contributed by atoms with E-state index in [1.165, 1.54) is 0 Å². The monoisotopic (exact) mass is 263 g/mol. The Labute approximate surface area is 112 Å². The number of amides is 1. The summed E-state index contributed by atoms with van der Waals surface area (Å²) in [5.41, 5.74) is 0.855. The summed E-state index contributed by atoms with van der Waals surface area (Å²) in [6.07, 6.45) is -0.310. The topological polar surface area (TPSA) is 48.0 Å². The van der Waals surface area contributed by atoms with Crippen LogP contribution in [0.1, 0.15) is 6.92 Å². The van der Waals surface area contributed by atoms with E-state index in [1.54, 1.807) is 12.0 Å². The summed E-state index contributed by atoms with van der Waals surface area (Å²) in [6, 6.07) is 7.41. The number of β-lactam (4-membered cyclic amide) rings is 1. The van der Waals surface area contributed by atoms with Gasteiger partial charge >= 0.3 is 0 Å². The molecule has 3 rings (SSSR count). The molecule has 0 unspecified atom stereocenters. The van der Waals surface area contributed by atoms with Crippen LogP contribution in [0.5, 0.6) is 5.75 Å². The van der Waals surface area contributed by atoms with E-state index in [4.69, 9.17) is 14.2 Å². The second-order valence-corrected chi connectivity index (χ2v) is 4.80. The van der Waals surface area contributed by atoms with Gasteiger partial charge < -0.3 is 19.1 Å². The van der Waals surface area contributed by atoms with Crippen LogP contribution in [0.2, 0.25) is 0 Å². The second kappa shape index (κ2) is 4.83. The highest BCUT2D eigenvalue weighted by atomic mass is 16.7. The number of rotatable bonds is 3. The number of benzene rings is 1. The van der Waals surface area contributed by atoms with Gasteiger partial charge in [0.2, 0.25) is 5.91 Å². The minimum Gasteiger partial charge on any atom is -0.497 e. The minimum absolute atomic E-state index is 0.0385. The zero-order valence-electron chi connectivity index (χ0n) is 11.0. The van der Waals surface area contributed by atoms with Crippen LogP contribution in [0.4, 0.5) is 5.69 Å². The van der Waals surface area contributed by atoms with Crippen molar-refractivity contribution in [2.75, 3.05) is 25.2 Å². The predicted octanol–water partition coefficient (Wildman–Crippen LogP) is 1.42. The lowest BCUT2D eigenvalue weighted by Crippen LogP contribution is -2.65. The van der Waals surface area contributed by atoms with Crippen LogP contribution >= 0.6 is 0 Å². The first-order valence-electron chi connectivity index (χ1n) is 6.42. The van der Waals surface area contributed by atoms with Crippen molar-refractivity contribution >= 4 is 11.6 Å². The van der Waals surface area contributed by atoms with E-state index in [2.05, 4.69) is 0 Å². The number of ether oxygens (including phenoxy) is 3. The molecule has 2 heterocycles. The molecule has 2 aliphatic heterocycles. The molecule has 2 saturated heterocycles. The standard InChI is InChI=1S/C14H17NO4/c1-9-12(14-18-7-8-19-14)15(13(9)16)10-3-5-11(17-2)6-4-10/h3-6,9,12,14H,7-8H2,1-2H3/t9-,12-/m0/s1. The van der Waals surface area contributed by atoms with Crippen LogP contribution < -0.4 is 9.64 Å². The fourth-order valence-electron chi connectivity index (χ4n) is 2.63. The maximum Gasteiger partial charge on any atom is 0.232 e. The molecule has 0 bridgehead atoms. The Hall–Kier alpha value is -1.59. The first-order valence-corrected chi connectivity index (χ1v) is 6.42. The van der Waals surface area contributed by atoms with Crippen LogP contribution in [-0.4, -0.2) is 38.6 Å². The van der Waals surface area contributed by atoms with Gasteiger partial charge in [-0.2, -0.15) is 0 Å². The van der Waals surface area contributed by atoms with Crippen molar-refractivity contribution in [1.82, 2.24) is 0 Å². The highest BCUT2D eigenvalue weighted by Gasteiger charge is 2.51. The van der Waals surface area contributed by atoms with Crippen molar-refractivity contribution in [2.24, 2.45) is 5.92 Å². The first-order chi connectivity index (χ1) is 9.22. The lowest BCUT2D eigenvalue weighted by Gasteiger charge is -2.47. The highest BCUT2D eigenvalue weighted by molar-refractivity contribution is 6.02. The Morgan fingerprint density at radius 3 is 2.42 bits per heavy atom. The summed E-state index contributed by atoms with van der Waals surface area (Å²) in [6.45, 7) is 3.11. The lowest BCUT2D eigenvalue weighted by molar-refractivity contribution is -0.143. The summed E-state index contributed by atoms with van der Waals surface area (Å²) in [7, 11) is 1.62. The fraction of sp³-hybridized carbons (Fsp3) is 0.500. The van der Waals surface area contributed by atoms with Gasteiger partial charge in [0, 0.05) is 5.69 Å². The SMILES string of the molecule is COc1ccc(N2C(=O)[C@@H](C)[C@H]2C2OCCO2)cc1. The molecule has 0 spiro atoms. The second-order valence-electron chi connectivity index (χ2n) is 4.80. The summed E-state index contributed by atoms with van der Waals surface area (Å²) in [4.78, 5) is 13.8. The van der Waals surface area contributed by atoms with Gasteiger partial charge in [-0.15, -0.1) is 0 Å². The highest BCUT2D eigenvalue weighted by Crippen LogP contribution is 2.37. The number of anilines is 1. The average Bonchev–Trinajstić information content (AvgIpc) is 2.97. The zero-order chi connectivity index (χ0) is 13.4. The van der Waals surface area contributed by atoms with Gasteiger partial charge in [0.05, 0.1) is 32.3 Å². The quantitative estimate of drug-likeness (QED) is 0.774. The number of carbonyl (C=O) groups excluding carboxylic acids is 1. The van der Waals surface area contributed by atoms with E-state index in [0.717, 1.165) is 11.4 Å². The average molecular weight is 263 g/mol. The van der Waals surface area contributed by atoms with Gasteiger partial charge in [-0.3, -0.25) is 4.79 Å². The smallest absolute Gasteiger partial charge is 0.232 e. The van der Waals surface area contributed by atoms with Gasteiger partial charge in [0.25, 0.3) is 0 Å². The maximum absolute atomic E-state index is 12.1. The van der Waals surface area contributed by atoms with E-state index >= 15 is 0 Å². The van der Waals surface area contributed by atoms with Crippen molar-refractivity contribution < 1.29 is 19.0 Å². The molecule has 19 heavy (non-hydrogen) atoms. The number of carbonyl (C=O) groups is 1. The third-order valence-corrected chi connectivity index (χ3v) is 3.71. The van der Waals surface area contributed by atoms with E-state index < -0.39 is 0 Å². The molecule has 0 aliphatic carbocycles. The Kier molecular flexibility index (Phi) is 3.16. The van der Waals surface area contributed by atoms with Crippen LogP contribution in [0.15, 0.2) is 24.3 Å². The van der Waals surface area contributed by atoms with Gasteiger partial charge in [0.1, 0.15) is 5.75 Å². The van der Waals surface area contributed by atoms with E-state index in [9.17, 15) is 4.79 Å². The Balaban J connectivity index is 1.82. The van der Waals surface area contributed by atoms with Crippen LogP contribution in [0, 0.1) is 5.92 Å². The molecule has 102 valence electrons. The molecule has 0 aromatic heterocycles. The van der Waals surface area contributed by atoms with Crippen molar-refractivity contribution in [1.29, 1.82) is 0 Å². The van der Waals surface area contributed by atoms with Crippen molar-refractivity contribution in [2.45, 2.75) is 19.3 Å². The Bertz CT molecular complexity index is 467. The van der Waals surface area contributed by atoms with Crippen molar-refractivity contribution in [3.8, 4) is 5.75 Å². The summed E-state index contributed by atoms with van der Waals surface area (Å²) in [5.74, 6) is 0.814. The van der Waals surface area contributed by atoms with Crippen molar-refractivity contribution in [3.63, 3.8) is 0 Å². The Morgan fingerprint density at radius 1 is 1.21 bits per heavy atom. The zero-order valence-corrected chi connectivity index (χ0v) is 11.0. The molecule has 0 N–H and O–H groups in total. The number of methoxy groups -OCH3 is 1. The third-order valence-electron chi connectivity index (χ3n) is 3.71. The largest absolute Gasteiger partial charge is 0.497 e. The molecule has 5 nitrogen and oxygen atoms in total. The summed E-state index contributed by atoms with van der Waals surface area (Å²) >= 11 is 0. The Morgan fingerprint density at radius 2 is 1.84 bits per heavy atom. The fourth-order valence-corrected chi connectivity index (χ4v) is 2.63. The predicted molar refractivity (Wildman–Crippen MR) is 69.1 cm³/mol. The van der Waals surface area contributed by atoms with Gasteiger partial charge in [-0.1, -0.05) is 6.92 Å². The summed E-state index contributed by atoms with van der Waals surface area (Å²) in [5, 5.41) is 0. The normalized spacial score (nSPS) is 27.5.